The van der Waals surface area contributed by atoms with Crippen LogP contribution in [0.25, 0.3) is 0 Å². The van der Waals surface area contributed by atoms with E-state index in [1.807, 2.05) is 41.5 Å². The third-order valence-electron chi connectivity index (χ3n) is 3.39. The minimum Gasteiger partial charge on any atom is -0.507 e. The van der Waals surface area contributed by atoms with Gasteiger partial charge in [0.05, 0.1) is 0 Å². The second-order valence-corrected chi connectivity index (χ2v) is 5.29. The molecule has 0 aliphatic heterocycles. The van der Waals surface area contributed by atoms with E-state index in [1.165, 1.54) is 0 Å². The fourth-order valence-electron chi connectivity index (χ4n) is 2.63. The summed E-state index contributed by atoms with van der Waals surface area (Å²) in [6.07, 6.45) is 0.743. The highest BCUT2D eigenvalue weighted by atomic mass is 16.3. The molecule has 0 amide bonds. The van der Waals surface area contributed by atoms with E-state index in [9.17, 15) is 10.2 Å². The van der Waals surface area contributed by atoms with E-state index in [4.69, 9.17) is 0 Å². The van der Waals surface area contributed by atoms with Crippen LogP contribution in [0.3, 0.4) is 0 Å². The molecule has 2 nitrogen and oxygen atoms in total. The summed E-state index contributed by atoms with van der Waals surface area (Å²) in [6, 6.07) is 0. The minimum atomic E-state index is 0.215. The zero-order valence-corrected chi connectivity index (χ0v) is 11.8. The van der Waals surface area contributed by atoms with E-state index >= 15 is 0 Å². The van der Waals surface area contributed by atoms with Gasteiger partial charge < -0.3 is 10.2 Å². The molecule has 96 valence electrons. The molecule has 0 atom stereocenters. The van der Waals surface area contributed by atoms with Crippen LogP contribution in [0.5, 0.6) is 11.5 Å². The van der Waals surface area contributed by atoms with Gasteiger partial charge in [0.1, 0.15) is 11.5 Å². The van der Waals surface area contributed by atoms with Gasteiger partial charge in [-0.05, 0) is 30.7 Å². The number of aromatic hydroxyl groups is 2. The molecule has 0 heterocycles. The molecule has 0 aromatic heterocycles. The number of benzene rings is 1. The van der Waals surface area contributed by atoms with Crippen molar-refractivity contribution in [3.63, 3.8) is 0 Å². The van der Waals surface area contributed by atoms with Crippen LogP contribution in [0.4, 0.5) is 0 Å². The van der Waals surface area contributed by atoms with Crippen molar-refractivity contribution in [2.75, 3.05) is 0 Å². The van der Waals surface area contributed by atoms with Crippen molar-refractivity contribution in [1.29, 1.82) is 0 Å². The predicted octanol–water partition coefficient (Wildman–Crippen LogP) is 4.22. The van der Waals surface area contributed by atoms with Gasteiger partial charge >= 0.3 is 0 Å². The van der Waals surface area contributed by atoms with Crippen molar-refractivity contribution in [2.45, 2.75) is 59.8 Å². The number of hydrogen-bond donors (Lipinski definition) is 2. The van der Waals surface area contributed by atoms with Crippen LogP contribution in [-0.4, -0.2) is 10.2 Å². The highest BCUT2D eigenvalue weighted by Crippen LogP contribution is 2.43. The second-order valence-electron chi connectivity index (χ2n) is 5.29. The van der Waals surface area contributed by atoms with Crippen LogP contribution in [0.1, 0.15) is 68.7 Å². The van der Waals surface area contributed by atoms with Crippen molar-refractivity contribution in [2.24, 2.45) is 0 Å². The molecule has 1 aromatic carbocycles. The molecule has 0 bridgehead atoms. The third kappa shape index (κ3) is 2.26. The van der Waals surface area contributed by atoms with Gasteiger partial charge in [0.2, 0.25) is 0 Å². The molecule has 0 aliphatic carbocycles. The summed E-state index contributed by atoms with van der Waals surface area (Å²) < 4.78 is 0. The molecule has 0 aliphatic rings. The van der Waals surface area contributed by atoms with Gasteiger partial charge in [-0.3, -0.25) is 0 Å². The van der Waals surface area contributed by atoms with Crippen LogP contribution in [0, 0.1) is 6.92 Å². The summed E-state index contributed by atoms with van der Waals surface area (Å²) in [5.74, 6) is 1.17. The van der Waals surface area contributed by atoms with E-state index < -0.39 is 0 Å². The van der Waals surface area contributed by atoms with E-state index in [0.29, 0.717) is 11.5 Å². The molecule has 0 saturated heterocycles. The predicted molar refractivity (Wildman–Crippen MR) is 72.1 cm³/mol. The molecular weight excluding hydrogens is 212 g/mol. The summed E-state index contributed by atoms with van der Waals surface area (Å²) >= 11 is 0. The van der Waals surface area contributed by atoms with Crippen LogP contribution in [-0.2, 0) is 6.42 Å². The average molecular weight is 236 g/mol. The van der Waals surface area contributed by atoms with Crippen LogP contribution in [0.15, 0.2) is 0 Å². The molecule has 0 radical (unpaired) electrons. The summed E-state index contributed by atoms with van der Waals surface area (Å²) in [5.41, 5.74) is 3.49. The summed E-state index contributed by atoms with van der Waals surface area (Å²) in [7, 11) is 0. The van der Waals surface area contributed by atoms with E-state index in [-0.39, 0.29) is 11.8 Å². The average Bonchev–Trinajstić information content (AvgIpc) is 2.22. The van der Waals surface area contributed by atoms with E-state index in [2.05, 4.69) is 0 Å². The fourth-order valence-corrected chi connectivity index (χ4v) is 2.63. The van der Waals surface area contributed by atoms with Gasteiger partial charge in [0, 0.05) is 16.7 Å². The molecule has 0 saturated carbocycles. The van der Waals surface area contributed by atoms with Crippen LogP contribution >= 0.6 is 0 Å². The number of rotatable bonds is 3. The van der Waals surface area contributed by atoms with Gasteiger partial charge in [-0.15, -0.1) is 0 Å². The largest absolute Gasteiger partial charge is 0.507 e. The Hall–Kier alpha value is -1.18. The molecule has 0 fully saturated rings. The third-order valence-corrected chi connectivity index (χ3v) is 3.39. The number of hydrogen-bond acceptors (Lipinski definition) is 2. The maximum atomic E-state index is 10.4. The first-order valence-electron chi connectivity index (χ1n) is 6.39. The standard InChI is InChI=1S/C15H24O2/c1-7-11-13(9(4)5)14(16)10(6)12(8(2)3)15(11)17/h8-9,16-17H,7H2,1-6H3. The molecular formula is C15H24O2. The van der Waals surface area contributed by atoms with Crippen LogP contribution < -0.4 is 0 Å². The lowest BCUT2D eigenvalue weighted by molar-refractivity contribution is 0.433. The lowest BCUT2D eigenvalue weighted by Gasteiger charge is -2.22. The van der Waals surface area contributed by atoms with Gasteiger partial charge in [-0.25, -0.2) is 0 Å². The Morgan fingerprint density at radius 2 is 1.35 bits per heavy atom. The highest BCUT2D eigenvalue weighted by molar-refractivity contribution is 5.59. The SMILES string of the molecule is CCc1c(O)c(C(C)C)c(C)c(O)c1C(C)C. The Balaban J connectivity index is 3.68. The van der Waals surface area contributed by atoms with Crippen LogP contribution in [0.2, 0.25) is 0 Å². The molecule has 0 spiro atoms. The normalized spacial score (nSPS) is 11.5. The maximum Gasteiger partial charge on any atom is 0.123 e. The van der Waals surface area contributed by atoms with Gasteiger partial charge in [0.15, 0.2) is 0 Å². The molecule has 17 heavy (non-hydrogen) atoms. The Morgan fingerprint density at radius 3 is 1.71 bits per heavy atom. The van der Waals surface area contributed by atoms with E-state index in [0.717, 1.165) is 28.7 Å². The van der Waals surface area contributed by atoms with Crippen molar-refractivity contribution in [3.05, 3.63) is 22.3 Å². The molecule has 1 rings (SSSR count). The first kappa shape index (κ1) is 13.9. The number of phenols is 2. The van der Waals surface area contributed by atoms with Crippen molar-refractivity contribution in [3.8, 4) is 11.5 Å². The monoisotopic (exact) mass is 236 g/mol. The second kappa shape index (κ2) is 4.99. The highest BCUT2D eigenvalue weighted by Gasteiger charge is 2.23. The molecule has 2 heteroatoms. The van der Waals surface area contributed by atoms with Crippen molar-refractivity contribution in [1.82, 2.24) is 0 Å². The maximum absolute atomic E-state index is 10.4. The van der Waals surface area contributed by atoms with Gasteiger partial charge in [-0.1, -0.05) is 34.6 Å². The molecule has 1 aromatic rings. The Morgan fingerprint density at radius 1 is 0.882 bits per heavy atom. The molecule has 2 N–H and O–H groups in total. The fraction of sp³-hybridized carbons (Fsp3) is 0.600. The molecule has 0 unspecified atom stereocenters. The lowest BCUT2D eigenvalue weighted by Crippen LogP contribution is -2.04. The zero-order chi connectivity index (χ0) is 13.3. The van der Waals surface area contributed by atoms with E-state index in [1.54, 1.807) is 0 Å². The van der Waals surface area contributed by atoms with Gasteiger partial charge in [0.25, 0.3) is 0 Å². The lowest BCUT2D eigenvalue weighted by atomic mass is 9.85. The first-order valence-corrected chi connectivity index (χ1v) is 6.39. The Labute approximate surface area is 104 Å². The topological polar surface area (TPSA) is 40.5 Å². The van der Waals surface area contributed by atoms with Gasteiger partial charge in [-0.2, -0.15) is 0 Å². The zero-order valence-electron chi connectivity index (χ0n) is 11.8. The number of phenolic OH excluding ortho intramolecular Hbond substituents is 2. The van der Waals surface area contributed by atoms with Crippen molar-refractivity contribution >= 4 is 0 Å². The first-order chi connectivity index (χ1) is 7.82. The smallest absolute Gasteiger partial charge is 0.123 e. The summed E-state index contributed by atoms with van der Waals surface area (Å²) in [6.45, 7) is 12.1. The van der Waals surface area contributed by atoms with Crippen molar-refractivity contribution < 1.29 is 10.2 Å². The quantitative estimate of drug-likeness (QED) is 0.771. The summed E-state index contributed by atoms with van der Waals surface area (Å²) in [4.78, 5) is 0. The minimum absolute atomic E-state index is 0.215. The Kier molecular flexibility index (Phi) is 4.07. The Bertz CT molecular complexity index is 418. The summed E-state index contributed by atoms with van der Waals surface area (Å²) in [5, 5.41) is 20.7.